The summed E-state index contributed by atoms with van der Waals surface area (Å²) in [5.74, 6) is 0.140. The van der Waals surface area contributed by atoms with Gasteiger partial charge in [-0.2, -0.15) is 0 Å². The summed E-state index contributed by atoms with van der Waals surface area (Å²) in [7, 11) is 0. The number of benzene rings is 1. The largest absolute Gasteiger partial charge is 0.346 e. The highest BCUT2D eigenvalue weighted by atomic mass is 16.2. The Kier molecular flexibility index (Phi) is 6.99. The summed E-state index contributed by atoms with van der Waals surface area (Å²) in [5, 5.41) is 3.00. The highest BCUT2D eigenvalue weighted by Crippen LogP contribution is 2.24. The molecule has 0 saturated heterocycles. The molecule has 3 nitrogen and oxygen atoms in total. The van der Waals surface area contributed by atoms with Gasteiger partial charge < -0.3 is 5.32 Å². The van der Waals surface area contributed by atoms with Crippen molar-refractivity contribution in [3.05, 3.63) is 35.9 Å². The van der Waals surface area contributed by atoms with Gasteiger partial charge in [0.05, 0.1) is 6.04 Å². The van der Waals surface area contributed by atoms with Gasteiger partial charge in [-0.05, 0) is 30.2 Å². The molecule has 0 fully saturated rings. The van der Waals surface area contributed by atoms with E-state index in [9.17, 15) is 9.59 Å². The molecule has 0 saturated carbocycles. The van der Waals surface area contributed by atoms with Crippen molar-refractivity contribution in [2.24, 2.45) is 17.3 Å². The van der Waals surface area contributed by atoms with Crippen molar-refractivity contribution >= 4 is 11.7 Å². The number of rotatable bonds is 7. The minimum absolute atomic E-state index is 0.00784. The third kappa shape index (κ3) is 5.81. The van der Waals surface area contributed by atoms with Crippen LogP contribution in [0, 0.1) is 17.3 Å². The smallest absolute Gasteiger partial charge is 0.224 e. The number of hydrogen-bond donors (Lipinski definition) is 1. The lowest BCUT2D eigenvalue weighted by Gasteiger charge is -2.32. The highest BCUT2D eigenvalue weighted by Gasteiger charge is 2.33. The molecule has 0 aliphatic rings. The first-order valence-electron chi connectivity index (χ1n) is 8.51. The van der Waals surface area contributed by atoms with Gasteiger partial charge in [0, 0.05) is 5.92 Å². The van der Waals surface area contributed by atoms with Gasteiger partial charge in [0.2, 0.25) is 5.91 Å². The monoisotopic (exact) mass is 317 g/mol. The molecule has 0 spiro atoms. The molecule has 0 bridgehead atoms. The van der Waals surface area contributed by atoms with E-state index in [2.05, 4.69) is 31.3 Å². The van der Waals surface area contributed by atoms with Crippen molar-refractivity contribution in [2.75, 3.05) is 0 Å². The third-order valence-corrected chi connectivity index (χ3v) is 4.53. The van der Waals surface area contributed by atoms with Crippen LogP contribution in [0.1, 0.15) is 53.5 Å². The van der Waals surface area contributed by atoms with Crippen LogP contribution in [0.5, 0.6) is 0 Å². The highest BCUT2D eigenvalue weighted by molar-refractivity contribution is 5.89. The van der Waals surface area contributed by atoms with Gasteiger partial charge in [-0.15, -0.1) is 0 Å². The Labute approximate surface area is 140 Å². The van der Waals surface area contributed by atoms with Crippen molar-refractivity contribution in [3.63, 3.8) is 0 Å². The molecule has 1 unspecified atom stereocenters. The molecule has 0 radical (unpaired) electrons. The normalized spacial score (nSPS) is 15.6. The Bertz CT molecular complexity index is 516. The fraction of sp³-hybridized carbons (Fsp3) is 0.600. The summed E-state index contributed by atoms with van der Waals surface area (Å²) in [5.41, 5.74) is 0.872. The number of hydrogen-bond acceptors (Lipinski definition) is 2. The van der Waals surface area contributed by atoms with Gasteiger partial charge >= 0.3 is 0 Å². The van der Waals surface area contributed by atoms with Crippen molar-refractivity contribution < 1.29 is 9.59 Å². The van der Waals surface area contributed by atoms with Crippen LogP contribution in [0.25, 0.3) is 0 Å². The molecule has 1 aromatic carbocycles. The maximum absolute atomic E-state index is 12.8. The first-order chi connectivity index (χ1) is 10.7. The molecule has 0 aliphatic carbocycles. The van der Waals surface area contributed by atoms with E-state index in [1.54, 1.807) is 6.92 Å². The average Bonchev–Trinajstić information content (AvgIpc) is 2.48. The lowest BCUT2D eigenvalue weighted by Crippen LogP contribution is -2.51. The van der Waals surface area contributed by atoms with E-state index in [1.165, 1.54) is 0 Å². The Hall–Kier alpha value is -1.64. The molecule has 1 N–H and O–H groups in total. The van der Waals surface area contributed by atoms with Crippen LogP contribution in [-0.2, 0) is 16.0 Å². The zero-order valence-corrected chi connectivity index (χ0v) is 15.3. The Balaban J connectivity index is 2.94. The first-order valence-corrected chi connectivity index (χ1v) is 8.51. The first kappa shape index (κ1) is 19.4. The Morgan fingerprint density at radius 3 is 2.13 bits per heavy atom. The van der Waals surface area contributed by atoms with Crippen LogP contribution < -0.4 is 5.32 Å². The van der Waals surface area contributed by atoms with E-state index in [0.29, 0.717) is 6.42 Å². The third-order valence-electron chi connectivity index (χ3n) is 4.53. The zero-order valence-electron chi connectivity index (χ0n) is 15.3. The van der Waals surface area contributed by atoms with Crippen molar-refractivity contribution in [1.82, 2.24) is 5.32 Å². The Morgan fingerprint density at radius 1 is 1.13 bits per heavy atom. The number of carbonyl (C=O) groups excluding carboxylic acids is 2. The Morgan fingerprint density at radius 2 is 1.70 bits per heavy atom. The predicted octanol–water partition coefficient (Wildman–Crippen LogP) is 4.01. The standard InChI is InChI=1S/C20H31NO2/c1-7-14(2)17(13-16-11-9-8-10-12-16)19(23)21-18(15(3)22)20(4,5)6/h8-12,14,17-18H,7,13H2,1-6H3,(H,21,23)/t14?,17-,18-/m1/s1. The second kappa shape index (κ2) is 8.28. The molecular formula is C20H31NO2. The minimum Gasteiger partial charge on any atom is -0.346 e. The zero-order chi connectivity index (χ0) is 17.6. The fourth-order valence-electron chi connectivity index (χ4n) is 2.88. The van der Waals surface area contributed by atoms with Gasteiger partial charge in [-0.25, -0.2) is 0 Å². The molecule has 3 heteroatoms. The molecule has 0 aliphatic heterocycles. The number of Topliss-reactive ketones (excluding diaryl/α,β-unsaturated/α-hetero) is 1. The van der Waals surface area contributed by atoms with E-state index in [0.717, 1.165) is 12.0 Å². The number of ketones is 1. The lowest BCUT2D eigenvalue weighted by molar-refractivity contribution is -0.132. The maximum Gasteiger partial charge on any atom is 0.224 e. The quantitative estimate of drug-likeness (QED) is 0.826. The summed E-state index contributed by atoms with van der Waals surface area (Å²) in [6.07, 6.45) is 1.64. The summed E-state index contributed by atoms with van der Waals surface area (Å²) in [6, 6.07) is 9.62. The number of nitrogens with one attached hydrogen (secondary N) is 1. The maximum atomic E-state index is 12.8. The molecule has 0 heterocycles. The second-order valence-corrected chi connectivity index (χ2v) is 7.60. The summed E-state index contributed by atoms with van der Waals surface area (Å²) in [4.78, 5) is 24.8. The van der Waals surface area contributed by atoms with Gasteiger partial charge in [-0.1, -0.05) is 71.4 Å². The van der Waals surface area contributed by atoms with E-state index in [-0.39, 0.29) is 28.9 Å². The summed E-state index contributed by atoms with van der Waals surface area (Å²) < 4.78 is 0. The molecule has 128 valence electrons. The second-order valence-electron chi connectivity index (χ2n) is 7.60. The van der Waals surface area contributed by atoms with E-state index >= 15 is 0 Å². The molecule has 1 rings (SSSR count). The predicted molar refractivity (Wildman–Crippen MR) is 95.2 cm³/mol. The summed E-state index contributed by atoms with van der Waals surface area (Å²) in [6.45, 7) is 11.7. The van der Waals surface area contributed by atoms with Gasteiger partial charge in [0.25, 0.3) is 0 Å². The van der Waals surface area contributed by atoms with E-state index in [1.807, 2.05) is 39.0 Å². The lowest BCUT2D eigenvalue weighted by atomic mass is 9.82. The minimum atomic E-state index is -0.447. The molecule has 23 heavy (non-hydrogen) atoms. The van der Waals surface area contributed by atoms with Crippen LogP contribution in [0.15, 0.2) is 30.3 Å². The van der Waals surface area contributed by atoms with Gasteiger partial charge in [0.1, 0.15) is 0 Å². The van der Waals surface area contributed by atoms with E-state index < -0.39 is 6.04 Å². The number of amides is 1. The summed E-state index contributed by atoms with van der Waals surface area (Å²) >= 11 is 0. The van der Waals surface area contributed by atoms with Crippen LogP contribution in [0.4, 0.5) is 0 Å². The average molecular weight is 317 g/mol. The van der Waals surface area contributed by atoms with Crippen LogP contribution in [0.3, 0.4) is 0 Å². The molecule has 3 atom stereocenters. The SMILES string of the molecule is CCC(C)[C@@H](Cc1ccccc1)C(=O)N[C@H](C(C)=O)C(C)(C)C. The van der Waals surface area contributed by atoms with Gasteiger partial charge in [-0.3, -0.25) is 9.59 Å². The van der Waals surface area contributed by atoms with Gasteiger partial charge in [0.15, 0.2) is 5.78 Å². The van der Waals surface area contributed by atoms with E-state index in [4.69, 9.17) is 0 Å². The van der Waals surface area contributed by atoms with Crippen molar-refractivity contribution in [3.8, 4) is 0 Å². The van der Waals surface area contributed by atoms with Crippen LogP contribution in [0.2, 0.25) is 0 Å². The fourth-order valence-corrected chi connectivity index (χ4v) is 2.88. The van der Waals surface area contributed by atoms with Crippen molar-refractivity contribution in [2.45, 2.75) is 60.4 Å². The molecule has 1 aromatic rings. The number of carbonyl (C=O) groups is 2. The topological polar surface area (TPSA) is 46.2 Å². The van der Waals surface area contributed by atoms with Crippen molar-refractivity contribution in [1.29, 1.82) is 0 Å². The molecular weight excluding hydrogens is 286 g/mol. The van der Waals surface area contributed by atoms with Crippen LogP contribution >= 0.6 is 0 Å². The molecule has 1 amide bonds. The molecule has 0 aromatic heterocycles. The van der Waals surface area contributed by atoms with Crippen LogP contribution in [-0.4, -0.2) is 17.7 Å².